The fourth-order valence-electron chi connectivity index (χ4n) is 2.90. The summed E-state index contributed by atoms with van der Waals surface area (Å²) >= 11 is 0. The highest BCUT2D eigenvalue weighted by Crippen LogP contribution is 2.40. The number of benzene rings is 1. The van der Waals surface area contributed by atoms with Crippen LogP contribution in [0.25, 0.3) is 0 Å². The van der Waals surface area contributed by atoms with Gasteiger partial charge in [-0.3, -0.25) is 5.32 Å². The van der Waals surface area contributed by atoms with Crippen LogP contribution in [0.5, 0.6) is 0 Å². The number of hydrogen-bond acceptors (Lipinski definition) is 4. The van der Waals surface area contributed by atoms with Crippen molar-refractivity contribution >= 4 is 11.6 Å². The molecule has 1 aromatic carbocycles. The highest BCUT2D eigenvalue weighted by atomic mass is 16.5. The van der Waals surface area contributed by atoms with E-state index in [0.717, 1.165) is 5.69 Å². The van der Waals surface area contributed by atoms with E-state index >= 15 is 0 Å². The third-order valence-electron chi connectivity index (χ3n) is 4.12. The monoisotopic (exact) mass is 301 g/mol. The summed E-state index contributed by atoms with van der Waals surface area (Å²) < 4.78 is 0. The van der Waals surface area contributed by atoms with Crippen LogP contribution in [0.2, 0.25) is 0 Å². The van der Waals surface area contributed by atoms with Gasteiger partial charge in [0, 0.05) is 11.2 Å². The molecule has 1 aromatic rings. The molecule has 0 aliphatic carbocycles. The number of guanidine groups is 1. The van der Waals surface area contributed by atoms with Crippen LogP contribution in [0.4, 0.5) is 5.69 Å². The van der Waals surface area contributed by atoms with Crippen LogP contribution in [0.3, 0.4) is 0 Å². The number of nitrogens with zero attached hydrogens (tertiary/aromatic N) is 3. The van der Waals surface area contributed by atoms with Gasteiger partial charge in [0.15, 0.2) is 6.19 Å². The molecule has 0 aromatic heterocycles. The first-order chi connectivity index (χ1) is 10.3. The molecule has 0 amide bonds. The molecular formula is C16H23N5O. The third kappa shape index (κ3) is 3.21. The van der Waals surface area contributed by atoms with E-state index in [1.165, 1.54) is 5.06 Å². The largest absolute Gasteiger partial charge is 0.326 e. The minimum atomic E-state index is -0.510. The minimum Gasteiger partial charge on any atom is -0.326 e. The highest BCUT2D eigenvalue weighted by molar-refractivity contribution is 5.94. The molecule has 1 atom stereocenters. The van der Waals surface area contributed by atoms with Crippen molar-refractivity contribution in [2.24, 2.45) is 4.99 Å². The Kier molecular flexibility index (Phi) is 4.40. The van der Waals surface area contributed by atoms with Gasteiger partial charge in [0.05, 0.1) is 11.6 Å². The molecule has 118 valence electrons. The Balaban J connectivity index is 2.25. The number of nitrogens with one attached hydrogen (secondary N) is 2. The van der Waals surface area contributed by atoms with Crippen LogP contribution >= 0.6 is 0 Å². The number of para-hydroxylation sites is 1. The van der Waals surface area contributed by atoms with Crippen LogP contribution in [0, 0.1) is 11.5 Å². The van der Waals surface area contributed by atoms with Gasteiger partial charge in [-0.25, -0.2) is 4.99 Å². The van der Waals surface area contributed by atoms with Crippen LogP contribution in [0.15, 0.2) is 35.3 Å². The lowest BCUT2D eigenvalue weighted by molar-refractivity contribution is -0.193. The first kappa shape index (κ1) is 16.3. The summed E-state index contributed by atoms with van der Waals surface area (Å²) in [7, 11) is 0. The SMILES string of the molecule is CC1(C)CC(N=C(NC#N)Nc2ccccc2)C(C)(C)N1O. The van der Waals surface area contributed by atoms with Gasteiger partial charge in [0.1, 0.15) is 0 Å². The van der Waals surface area contributed by atoms with Crippen molar-refractivity contribution in [3.05, 3.63) is 30.3 Å². The summed E-state index contributed by atoms with van der Waals surface area (Å²) in [6.45, 7) is 7.85. The zero-order valence-corrected chi connectivity index (χ0v) is 13.5. The summed E-state index contributed by atoms with van der Waals surface area (Å²) in [5.74, 6) is 0.387. The third-order valence-corrected chi connectivity index (χ3v) is 4.12. The van der Waals surface area contributed by atoms with Gasteiger partial charge in [0.25, 0.3) is 0 Å². The van der Waals surface area contributed by atoms with Crippen molar-refractivity contribution in [1.29, 1.82) is 5.26 Å². The maximum Gasteiger partial charge on any atom is 0.209 e. The van der Waals surface area contributed by atoms with Gasteiger partial charge in [-0.05, 0) is 46.2 Å². The predicted molar refractivity (Wildman–Crippen MR) is 86.4 cm³/mol. The standard InChI is InChI=1S/C16H23N5O/c1-15(2)10-13(16(3,4)21(15)22)20-14(18-11-17)19-12-8-6-5-7-9-12/h5-9,13,22H,10H2,1-4H3,(H2,18,19,20). The lowest BCUT2D eigenvalue weighted by atomic mass is 9.95. The molecule has 0 spiro atoms. The predicted octanol–water partition coefficient (Wildman–Crippen LogP) is 2.55. The van der Waals surface area contributed by atoms with Gasteiger partial charge in [-0.1, -0.05) is 18.2 Å². The Morgan fingerprint density at radius 3 is 2.45 bits per heavy atom. The van der Waals surface area contributed by atoms with E-state index in [1.807, 2.05) is 64.2 Å². The van der Waals surface area contributed by atoms with Gasteiger partial charge in [-0.15, -0.1) is 0 Å². The van der Waals surface area contributed by atoms with Crippen LogP contribution < -0.4 is 10.6 Å². The van der Waals surface area contributed by atoms with E-state index in [1.54, 1.807) is 0 Å². The quantitative estimate of drug-likeness (QED) is 0.338. The molecule has 0 radical (unpaired) electrons. The molecule has 2 rings (SSSR count). The van der Waals surface area contributed by atoms with E-state index < -0.39 is 5.54 Å². The summed E-state index contributed by atoms with van der Waals surface area (Å²) in [6, 6.07) is 9.40. The molecule has 1 unspecified atom stereocenters. The Morgan fingerprint density at radius 2 is 1.95 bits per heavy atom. The Labute approximate surface area is 131 Å². The Hall–Kier alpha value is -2.10. The molecule has 1 fully saturated rings. The zero-order chi connectivity index (χ0) is 16.4. The first-order valence-electron chi connectivity index (χ1n) is 7.31. The topological polar surface area (TPSA) is 83.7 Å². The lowest BCUT2D eigenvalue weighted by Gasteiger charge is -2.35. The molecule has 0 saturated carbocycles. The van der Waals surface area contributed by atoms with Crippen molar-refractivity contribution in [3.63, 3.8) is 0 Å². The molecular weight excluding hydrogens is 278 g/mol. The second kappa shape index (κ2) is 5.95. The summed E-state index contributed by atoms with van der Waals surface area (Å²) in [5.41, 5.74) is -0.0215. The Bertz CT molecular complexity index is 588. The summed E-state index contributed by atoms with van der Waals surface area (Å²) in [4.78, 5) is 4.63. The van der Waals surface area contributed by atoms with Crippen molar-refractivity contribution < 1.29 is 5.21 Å². The average molecular weight is 301 g/mol. The van der Waals surface area contributed by atoms with Gasteiger partial charge in [0.2, 0.25) is 5.96 Å². The number of anilines is 1. The average Bonchev–Trinajstić information content (AvgIpc) is 2.60. The number of aliphatic imine (C=N–C) groups is 1. The van der Waals surface area contributed by atoms with Crippen LogP contribution in [-0.2, 0) is 0 Å². The van der Waals surface area contributed by atoms with Crippen LogP contribution in [0.1, 0.15) is 34.1 Å². The summed E-state index contributed by atoms with van der Waals surface area (Å²) in [6.07, 6.45) is 2.60. The van der Waals surface area contributed by atoms with Gasteiger partial charge < -0.3 is 10.5 Å². The number of hydrogen-bond donors (Lipinski definition) is 3. The van der Waals surface area contributed by atoms with Crippen LogP contribution in [-0.4, -0.2) is 33.3 Å². The van der Waals surface area contributed by atoms with E-state index in [-0.39, 0.29) is 11.6 Å². The van der Waals surface area contributed by atoms with Crippen molar-refractivity contribution in [3.8, 4) is 6.19 Å². The summed E-state index contributed by atoms with van der Waals surface area (Å²) in [5, 5.41) is 26.3. The second-order valence-corrected chi connectivity index (χ2v) is 6.70. The molecule has 1 aliphatic rings. The maximum atomic E-state index is 10.3. The molecule has 3 N–H and O–H groups in total. The smallest absolute Gasteiger partial charge is 0.209 e. The molecule has 1 heterocycles. The molecule has 1 saturated heterocycles. The normalized spacial score (nSPS) is 23.8. The van der Waals surface area contributed by atoms with Gasteiger partial charge >= 0.3 is 0 Å². The second-order valence-electron chi connectivity index (χ2n) is 6.70. The van der Waals surface area contributed by atoms with E-state index in [0.29, 0.717) is 12.4 Å². The molecule has 6 nitrogen and oxygen atoms in total. The molecule has 0 bridgehead atoms. The highest BCUT2D eigenvalue weighted by Gasteiger charge is 2.51. The Morgan fingerprint density at radius 1 is 1.32 bits per heavy atom. The molecule has 6 heteroatoms. The van der Waals surface area contributed by atoms with Gasteiger partial charge in [-0.2, -0.15) is 10.3 Å². The maximum absolute atomic E-state index is 10.3. The molecule has 22 heavy (non-hydrogen) atoms. The van der Waals surface area contributed by atoms with Crippen molar-refractivity contribution in [2.45, 2.75) is 51.2 Å². The minimum absolute atomic E-state index is 0.139. The van der Waals surface area contributed by atoms with Crippen molar-refractivity contribution in [2.75, 3.05) is 5.32 Å². The van der Waals surface area contributed by atoms with E-state index in [4.69, 9.17) is 5.26 Å². The van der Waals surface area contributed by atoms with E-state index in [9.17, 15) is 5.21 Å². The van der Waals surface area contributed by atoms with E-state index in [2.05, 4.69) is 15.6 Å². The van der Waals surface area contributed by atoms with Crippen molar-refractivity contribution in [1.82, 2.24) is 10.4 Å². The fourth-order valence-corrected chi connectivity index (χ4v) is 2.90. The zero-order valence-electron chi connectivity index (χ0n) is 13.5. The lowest BCUT2D eigenvalue weighted by Crippen LogP contribution is -2.48. The first-order valence-corrected chi connectivity index (χ1v) is 7.31. The molecule has 1 aliphatic heterocycles. The number of rotatable bonds is 2. The number of nitriles is 1. The number of hydroxylamine groups is 2. The fraction of sp³-hybridized carbons (Fsp3) is 0.500.